The molecule has 8 heteroatoms. The quantitative estimate of drug-likeness (QED) is 0.661. The molecule has 0 aliphatic heterocycles. The van der Waals surface area contributed by atoms with Crippen LogP contribution in [0.4, 0.5) is 29.3 Å². The van der Waals surface area contributed by atoms with E-state index in [1.165, 1.54) is 12.1 Å². The molecule has 3 rings (SSSR count). The monoisotopic (exact) mass is 320 g/mol. The predicted molar refractivity (Wildman–Crippen MR) is 80.2 cm³/mol. The molecule has 23 heavy (non-hydrogen) atoms. The maximum absolute atomic E-state index is 12.5. The minimum absolute atomic E-state index is 0.258. The summed E-state index contributed by atoms with van der Waals surface area (Å²) in [6.07, 6.45) is 0.418. The number of alkyl halides is 3. The number of halogens is 3. The number of nitrogens with zero attached hydrogens (tertiary/aromatic N) is 1. The number of aromatic amines is 1. The second-order valence-corrected chi connectivity index (χ2v) is 4.78. The van der Waals surface area contributed by atoms with E-state index < -0.39 is 17.8 Å². The van der Waals surface area contributed by atoms with Crippen molar-refractivity contribution in [3.05, 3.63) is 54.5 Å². The van der Waals surface area contributed by atoms with Gasteiger partial charge in [-0.1, -0.05) is 0 Å². The van der Waals surface area contributed by atoms with Gasteiger partial charge >= 0.3 is 12.2 Å². The zero-order valence-corrected chi connectivity index (χ0v) is 11.6. The van der Waals surface area contributed by atoms with Crippen molar-refractivity contribution in [2.75, 3.05) is 10.6 Å². The lowest BCUT2D eigenvalue weighted by atomic mass is 10.2. The number of rotatable bonds is 2. The Bertz CT molecular complexity index is 840. The first-order valence-electron chi connectivity index (χ1n) is 6.60. The molecular weight excluding hydrogens is 309 g/mol. The van der Waals surface area contributed by atoms with E-state index in [-0.39, 0.29) is 5.69 Å². The highest BCUT2D eigenvalue weighted by Crippen LogP contribution is 2.30. The van der Waals surface area contributed by atoms with Crippen molar-refractivity contribution in [1.29, 1.82) is 0 Å². The lowest BCUT2D eigenvalue weighted by molar-refractivity contribution is -0.137. The van der Waals surface area contributed by atoms with Crippen LogP contribution in [0.15, 0.2) is 48.9 Å². The number of hydrogen-bond donors (Lipinski definition) is 3. The van der Waals surface area contributed by atoms with Crippen molar-refractivity contribution in [3.63, 3.8) is 0 Å². The number of hydrogen-bond acceptors (Lipinski definition) is 2. The van der Waals surface area contributed by atoms with E-state index in [1.807, 2.05) is 0 Å². The average Bonchev–Trinajstić information content (AvgIpc) is 2.90. The van der Waals surface area contributed by atoms with Crippen molar-refractivity contribution >= 4 is 28.3 Å². The van der Waals surface area contributed by atoms with Crippen molar-refractivity contribution in [2.45, 2.75) is 6.18 Å². The summed E-state index contributed by atoms with van der Waals surface area (Å²) in [7, 11) is 0. The van der Waals surface area contributed by atoms with Crippen LogP contribution in [-0.4, -0.2) is 16.0 Å². The first kappa shape index (κ1) is 14.9. The molecule has 5 nitrogen and oxygen atoms in total. The van der Waals surface area contributed by atoms with Gasteiger partial charge in [0.25, 0.3) is 0 Å². The van der Waals surface area contributed by atoms with Gasteiger partial charge in [0.1, 0.15) is 0 Å². The highest BCUT2D eigenvalue weighted by Gasteiger charge is 2.29. The third kappa shape index (κ3) is 3.25. The summed E-state index contributed by atoms with van der Waals surface area (Å²) in [5.74, 6) is 0. The Balaban J connectivity index is 1.70. The number of benzene rings is 1. The second kappa shape index (κ2) is 5.64. The summed E-state index contributed by atoms with van der Waals surface area (Å²) in [6, 6.07) is 5.40. The van der Waals surface area contributed by atoms with E-state index in [1.54, 1.807) is 24.7 Å². The summed E-state index contributed by atoms with van der Waals surface area (Å²) in [5, 5.41) is 5.82. The van der Waals surface area contributed by atoms with E-state index in [2.05, 4.69) is 20.6 Å². The Kier molecular flexibility index (Phi) is 3.65. The maximum atomic E-state index is 12.5. The van der Waals surface area contributed by atoms with Crippen LogP contribution in [0, 0.1) is 0 Å². The average molecular weight is 320 g/mol. The van der Waals surface area contributed by atoms with Crippen LogP contribution in [0.2, 0.25) is 0 Å². The van der Waals surface area contributed by atoms with E-state index in [0.29, 0.717) is 5.69 Å². The van der Waals surface area contributed by atoms with Crippen LogP contribution < -0.4 is 10.6 Å². The number of aromatic nitrogens is 2. The van der Waals surface area contributed by atoms with Gasteiger partial charge in [0.05, 0.1) is 16.8 Å². The Hall–Kier alpha value is -3.03. The number of amides is 2. The first-order chi connectivity index (χ1) is 10.9. The first-order valence-corrected chi connectivity index (χ1v) is 6.60. The van der Waals surface area contributed by atoms with E-state index in [4.69, 9.17) is 0 Å². The minimum atomic E-state index is -4.40. The zero-order chi connectivity index (χ0) is 16.4. The molecular formula is C15H11F3N4O. The minimum Gasteiger partial charge on any atom is -0.359 e. The van der Waals surface area contributed by atoms with Gasteiger partial charge < -0.3 is 15.6 Å². The molecule has 2 aromatic heterocycles. The fraction of sp³-hybridized carbons (Fsp3) is 0.0667. The van der Waals surface area contributed by atoms with Crippen LogP contribution in [0.5, 0.6) is 0 Å². The molecule has 0 unspecified atom stereocenters. The van der Waals surface area contributed by atoms with Gasteiger partial charge in [-0.15, -0.1) is 0 Å². The van der Waals surface area contributed by atoms with Gasteiger partial charge in [-0.05, 0) is 30.3 Å². The number of pyridine rings is 1. The Labute approximate surface area is 128 Å². The largest absolute Gasteiger partial charge is 0.416 e. The second-order valence-electron chi connectivity index (χ2n) is 4.78. The lowest BCUT2D eigenvalue weighted by Crippen LogP contribution is -2.19. The van der Waals surface area contributed by atoms with Gasteiger partial charge in [0, 0.05) is 29.7 Å². The van der Waals surface area contributed by atoms with Crippen molar-refractivity contribution in [1.82, 2.24) is 9.97 Å². The third-order valence-corrected chi connectivity index (χ3v) is 3.20. The van der Waals surface area contributed by atoms with Crippen LogP contribution >= 0.6 is 0 Å². The molecule has 0 spiro atoms. The summed E-state index contributed by atoms with van der Waals surface area (Å²) >= 11 is 0. The normalized spacial score (nSPS) is 11.4. The molecule has 0 saturated carbocycles. The van der Waals surface area contributed by atoms with E-state index >= 15 is 0 Å². The summed E-state index contributed by atoms with van der Waals surface area (Å²) in [5.41, 5.74) is 0.821. The molecule has 0 saturated heterocycles. The van der Waals surface area contributed by atoms with Crippen LogP contribution in [0.3, 0.4) is 0 Å². The molecule has 118 valence electrons. The Morgan fingerprint density at radius 1 is 1.09 bits per heavy atom. The van der Waals surface area contributed by atoms with Crippen molar-refractivity contribution < 1.29 is 18.0 Å². The van der Waals surface area contributed by atoms with Crippen LogP contribution in [0.1, 0.15) is 5.56 Å². The van der Waals surface area contributed by atoms with Crippen LogP contribution in [-0.2, 0) is 6.18 Å². The summed E-state index contributed by atoms with van der Waals surface area (Å²) in [6.45, 7) is 0. The molecule has 3 N–H and O–H groups in total. The molecule has 0 aliphatic carbocycles. The predicted octanol–water partition coefficient (Wildman–Crippen LogP) is 4.23. The van der Waals surface area contributed by atoms with E-state index in [9.17, 15) is 18.0 Å². The highest BCUT2D eigenvalue weighted by atomic mass is 19.4. The Morgan fingerprint density at radius 3 is 2.52 bits per heavy atom. The fourth-order valence-electron chi connectivity index (χ4n) is 2.09. The van der Waals surface area contributed by atoms with Gasteiger partial charge in [-0.2, -0.15) is 13.2 Å². The van der Waals surface area contributed by atoms with Gasteiger partial charge in [0.15, 0.2) is 0 Å². The number of fused-ring (bicyclic) bond motifs is 1. The van der Waals surface area contributed by atoms with Crippen molar-refractivity contribution in [3.8, 4) is 0 Å². The number of nitrogens with one attached hydrogen (secondary N) is 3. The third-order valence-electron chi connectivity index (χ3n) is 3.20. The SMILES string of the molecule is O=C(Nc1ccc(C(F)(F)F)cc1)Nc1c[nH]c2ccncc12. The number of urea groups is 1. The number of H-pyrrole nitrogens is 1. The summed E-state index contributed by atoms with van der Waals surface area (Å²) < 4.78 is 37.4. The maximum Gasteiger partial charge on any atom is 0.416 e. The van der Waals surface area contributed by atoms with Gasteiger partial charge in [-0.25, -0.2) is 4.79 Å². The topological polar surface area (TPSA) is 69.8 Å². The highest BCUT2D eigenvalue weighted by molar-refractivity contribution is 6.05. The molecule has 3 aromatic rings. The van der Waals surface area contributed by atoms with Gasteiger partial charge in [-0.3, -0.25) is 4.98 Å². The molecule has 0 fully saturated rings. The zero-order valence-electron chi connectivity index (χ0n) is 11.6. The lowest BCUT2D eigenvalue weighted by Gasteiger charge is -2.09. The van der Waals surface area contributed by atoms with Gasteiger partial charge in [0.2, 0.25) is 0 Å². The molecule has 0 aliphatic rings. The summed E-state index contributed by atoms with van der Waals surface area (Å²) in [4.78, 5) is 18.9. The molecule has 0 bridgehead atoms. The Morgan fingerprint density at radius 2 is 1.83 bits per heavy atom. The molecule has 0 atom stereocenters. The molecule has 1 aromatic carbocycles. The van der Waals surface area contributed by atoms with E-state index in [0.717, 1.165) is 23.0 Å². The molecule has 2 amide bonds. The number of carbonyl (C=O) groups excluding carboxylic acids is 1. The molecule has 2 heterocycles. The smallest absolute Gasteiger partial charge is 0.359 e. The fourth-order valence-corrected chi connectivity index (χ4v) is 2.09. The number of carbonyl (C=O) groups is 1. The molecule has 0 radical (unpaired) electrons. The standard InChI is InChI=1S/C15H11F3N4O/c16-15(17,18)9-1-3-10(4-2-9)21-14(23)22-13-8-20-12-5-6-19-7-11(12)13/h1-8,20H,(H2,21,22,23). The van der Waals surface area contributed by atoms with Crippen molar-refractivity contribution in [2.24, 2.45) is 0 Å². The number of anilines is 2. The van der Waals surface area contributed by atoms with Crippen LogP contribution in [0.25, 0.3) is 10.9 Å².